The highest BCUT2D eigenvalue weighted by atomic mass is 16.1. The van der Waals surface area contributed by atoms with Crippen molar-refractivity contribution in [3.63, 3.8) is 0 Å². The van der Waals surface area contributed by atoms with Crippen LogP contribution >= 0.6 is 0 Å². The molecule has 0 spiro atoms. The summed E-state index contributed by atoms with van der Waals surface area (Å²) in [6, 6.07) is 16.0. The highest BCUT2D eigenvalue weighted by Gasteiger charge is 2.21. The lowest BCUT2D eigenvalue weighted by Crippen LogP contribution is -2.35. The van der Waals surface area contributed by atoms with Crippen LogP contribution in [0.3, 0.4) is 0 Å². The van der Waals surface area contributed by atoms with E-state index in [2.05, 4.69) is 39.1 Å². The van der Waals surface area contributed by atoms with Gasteiger partial charge in [0.2, 0.25) is 0 Å². The molecule has 2 aromatic heterocycles. The number of benzene rings is 2. The summed E-state index contributed by atoms with van der Waals surface area (Å²) < 4.78 is 0. The molecule has 6 nitrogen and oxygen atoms in total. The first-order valence-corrected chi connectivity index (χ1v) is 9.42. The maximum absolute atomic E-state index is 12.6. The Bertz CT molecular complexity index is 1210. The average molecular weight is 371 g/mol. The van der Waals surface area contributed by atoms with Crippen molar-refractivity contribution in [1.82, 2.24) is 19.9 Å². The van der Waals surface area contributed by atoms with Crippen molar-refractivity contribution >= 4 is 16.6 Å². The molecule has 0 bridgehead atoms. The summed E-state index contributed by atoms with van der Waals surface area (Å²) in [6.45, 7) is 2.36. The van der Waals surface area contributed by atoms with Crippen molar-refractivity contribution in [1.29, 1.82) is 0 Å². The van der Waals surface area contributed by atoms with Crippen LogP contribution in [0, 0.1) is 0 Å². The summed E-state index contributed by atoms with van der Waals surface area (Å²) in [5.41, 5.74) is 11.4. The van der Waals surface area contributed by atoms with Gasteiger partial charge >= 0.3 is 0 Å². The number of aromatic nitrogens is 3. The van der Waals surface area contributed by atoms with Gasteiger partial charge < -0.3 is 15.7 Å². The molecule has 0 fully saturated rings. The Kier molecular flexibility index (Phi) is 3.98. The second kappa shape index (κ2) is 6.65. The number of nitrogens with two attached hydrogens (primary N) is 1. The SMILES string of the molecule is Nc1ccc(-c2nc3c(c(=O)[nH]2)CCN(Cc2ccc4[nH]ccc4c2)C3)cc1. The minimum Gasteiger partial charge on any atom is -0.399 e. The Labute approximate surface area is 162 Å². The molecular weight excluding hydrogens is 350 g/mol. The standard InChI is InChI=1S/C22H21N5O/c23-17-4-2-15(3-5-17)21-25-20-13-27(10-8-18(20)22(28)26-21)12-14-1-6-19-16(11-14)7-9-24-19/h1-7,9,11,24H,8,10,12-13,23H2,(H,25,26,28). The smallest absolute Gasteiger partial charge is 0.254 e. The van der Waals surface area contributed by atoms with Crippen molar-refractivity contribution in [2.24, 2.45) is 0 Å². The zero-order chi connectivity index (χ0) is 19.1. The Morgan fingerprint density at radius 2 is 1.96 bits per heavy atom. The van der Waals surface area contributed by atoms with Crippen LogP contribution in [0.15, 0.2) is 59.5 Å². The van der Waals surface area contributed by atoms with E-state index < -0.39 is 0 Å². The third-order valence-electron chi connectivity index (χ3n) is 5.36. The fourth-order valence-electron chi connectivity index (χ4n) is 3.87. The number of nitrogen functional groups attached to an aromatic ring is 1. The van der Waals surface area contributed by atoms with Gasteiger partial charge in [-0.3, -0.25) is 9.69 Å². The molecule has 0 unspecified atom stereocenters. The van der Waals surface area contributed by atoms with E-state index in [9.17, 15) is 4.79 Å². The van der Waals surface area contributed by atoms with Gasteiger partial charge in [0.05, 0.1) is 5.69 Å². The van der Waals surface area contributed by atoms with Gasteiger partial charge in [-0.25, -0.2) is 4.98 Å². The number of aromatic amines is 2. The number of hydrogen-bond acceptors (Lipinski definition) is 4. The molecular formula is C22H21N5O. The largest absolute Gasteiger partial charge is 0.399 e. The van der Waals surface area contributed by atoms with Crippen molar-refractivity contribution in [3.05, 3.63) is 81.9 Å². The van der Waals surface area contributed by atoms with Crippen molar-refractivity contribution in [3.8, 4) is 11.4 Å². The molecule has 4 aromatic rings. The summed E-state index contributed by atoms with van der Waals surface area (Å²) >= 11 is 0. The van der Waals surface area contributed by atoms with E-state index in [1.807, 2.05) is 30.5 Å². The fraction of sp³-hybridized carbons (Fsp3) is 0.182. The van der Waals surface area contributed by atoms with Gasteiger partial charge in [0.1, 0.15) is 5.82 Å². The molecule has 140 valence electrons. The minimum absolute atomic E-state index is 0.0368. The number of fused-ring (bicyclic) bond motifs is 2. The molecule has 0 amide bonds. The molecule has 28 heavy (non-hydrogen) atoms. The summed E-state index contributed by atoms with van der Waals surface area (Å²) in [5.74, 6) is 0.597. The Hall–Kier alpha value is -3.38. The second-order valence-corrected chi connectivity index (χ2v) is 7.32. The zero-order valence-electron chi connectivity index (χ0n) is 15.4. The van der Waals surface area contributed by atoms with E-state index in [4.69, 9.17) is 10.7 Å². The van der Waals surface area contributed by atoms with E-state index >= 15 is 0 Å². The molecule has 1 aliphatic rings. The number of H-pyrrole nitrogens is 2. The lowest BCUT2D eigenvalue weighted by molar-refractivity contribution is 0.240. The number of nitrogens with zero attached hydrogens (tertiary/aromatic N) is 2. The van der Waals surface area contributed by atoms with Gasteiger partial charge in [-0.1, -0.05) is 6.07 Å². The van der Waals surface area contributed by atoms with Gasteiger partial charge in [0.25, 0.3) is 5.56 Å². The number of hydrogen-bond donors (Lipinski definition) is 3. The Balaban J connectivity index is 1.42. The van der Waals surface area contributed by atoms with Crippen molar-refractivity contribution < 1.29 is 0 Å². The first-order chi connectivity index (χ1) is 13.7. The van der Waals surface area contributed by atoms with Gasteiger partial charge in [-0.2, -0.15) is 0 Å². The Morgan fingerprint density at radius 3 is 2.82 bits per heavy atom. The number of nitrogens with one attached hydrogen (secondary N) is 2. The maximum atomic E-state index is 12.6. The first-order valence-electron chi connectivity index (χ1n) is 9.42. The van der Waals surface area contributed by atoms with E-state index in [0.717, 1.165) is 35.4 Å². The van der Waals surface area contributed by atoms with E-state index in [-0.39, 0.29) is 5.56 Å². The molecule has 5 rings (SSSR count). The lowest BCUT2D eigenvalue weighted by Gasteiger charge is -2.27. The molecule has 6 heteroatoms. The quantitative estimate of drug-likeness (QED) is 0.483. The third kappa shape index (κ3) is 3.08. The predicted molar refractivity (Wildman–Crippen MR) is 111 cm³/mol. The molecule has 0 radical (unpaired) electrons. The molecule has 4 N–H and O–H groups in total. The molecule has 0 saturated heterocycles. The summed E-state index contributed by atoms with van der Waals surface area (Å²) in [7, 11) is 0. The van der Waals surface area contributed by atoms with Crippen LogP contribution in [0.25, 0.3) is 22.3 Å². The highest BCUT2D eigenvalue weighted by molar-refractivity contribution is 5.79. The summed E-state index contributed by atoms with van der Waals surface area (Å²) in [4.78, 5) is 25.8. The molecule has 0 atom stereocenters. The van der Waals surface area contributed by atoms with E-state index in [1.54, 1.807) is 0 Å². The second-order valence-electron chi connectivity index (χ2n) is 7.32. The van der Waals surface area contributed by atoms with E-state index in [1.165, 1.54) is 10.9 Å². The average Bonchev–Trinajstić information content (AvgIpc) is 3.16. The maximum Gasteiger partial charge on any atom is 0.254 e. The van der Waals surface area contributed by atoms with Crippen LogP contribution in [-0.2, 0) is 19.5 Å². The van der Waals surface area contributed by atoms with Gasteiger partial charge in [0, 0.05) is 48.2 Å². The number of anilines is 1. The van der Waals surface area contributed by atoms with Crippen LogP contribution in [0.2, 0.25) is 0 Å². The van der Waals surface area contributed by atoms with Crippen LogP contribution in [0.1, 0.15) is 16.8 Å². The zero-order valence-corrected chi connectivity index (χ0v) is 15.4. The third-order valence-corrected chi connectivity index (χ3v) is 5.36. The molecule has 0 saturated carbocycles. The van der Waals surface area contributed by atoms with Crippen molar-refractivity contribution in [2.45, 2.75) is 19.5 Å². The molecule has 3 heterocycles. The lowest BCUT2D eigenvalue weighted by atomic mass is 10.0. The van der Waals surface area contributed by atoms with Gasteiger partial charge in [0.15, 0.2) is 0 Å². The summed E-state index contributed by atoms with van der Waals surface area (Å²) in [5, 5.41) is 1.22. The van der Waals surface area contributed by atoms with Crippen molar-refractivity contribution in [2.75, 3.05) is 12.3 Å². The van der Waals surface area contributed by atoms with Crippen LogP contribution < -0.4 is 11.3 Å². The van der Waals surface area contributed by atoms with Crippen LogP contribution in [-0.4, -0.2) is 26.4 Å². The normalized spacial score (nSPS) is 14.3. The molecule has 1 aliphatic heterocycles. The molecule has 2 aromatic carbocycles. The highest BCUT2D eigenvalue weighted by Crippen LogP contribution is 2.22. The van der Waals surface area contributed by atoms with Crippen LogP contribution in [0.4, 0.5) is 5.69 Å². The first kappa shape index (κ1) is 16.8. The van der Waals surface area contributed by atoms with Crippen LogP contribution in [0.5, 0.6) is 0 Å². The molecule has 0 aliphatic carbocycles. The monoisotopic (exact) mass is 371 g/mol. The van der Waals surface area contributed by atoms with Gasteiger partial charge in [-0.05, 0) is 59.8 Å². The topological polar surface area (TPSA) is 90.8 Å². The number of rotatable bonds is 3. The summed E-state index contributed by atoms with van der Waals surface area (Å²) in [6.07, 6.45) is 2.67. The minimum atomic E-state index is -0.0368. The van der Waals surface area contributed by atoms with E-state index in [0.29, 0.717) is 24.5 Å². The van der Waals surface area contributed by atoms with Gasteiger partial charge in [-0.15, -0.1) is 0 Å². The fourth-order valence-corrected chi connectivity index (χ4v) is 3.87. The Morgan fingerprint density at radius 1 is 1.11 bits per heavy atom. The predicted octanol–water partition coefficient (Wildman–Crippen LogP) is 3.06.